The van der Waals surface area contributed by atoms with Crippen LogP contribution in [0.5, 0.6) is 0 Å². The number of anilines is 1. The van der Waals surface area contributed by atoms with E-state index >= 15 is 0 Å². The Morgan fingerprint density at radius 1 is 1.20 bits per heavy atom. The number of nitrogens with zero attached hydrogens (tertiary/aromatic N) is 1. The van der Waals surface area contributed by atoms with Gasteiger partial charge in [0.25, 0.3) is 0 Å². The highest BCUT2D eigenvalue weighted by Gasteiger charge is 2.29. The van der Waals surface area contributed by atoms with Crippen molar-refractivity contribution in [1.82, 2.24) is 10.4 Å². The minimum atomic E-state index is -0.583. The number of amides is 1. The van der Waals surface area contributed by atoms with E-state index in [0.29, 0.717) is 12.6 Å². The summed E-state index contributed by atoms with van der Waals surface area (Å²) in [5, 5.41) is 12.5. The first-order chi connectivity index (χ1) is 11.9. The van der Waals surface area contributed by atoms with Crippen LogP contribution in [0.4, 0.5) is 5.69 Å². The average molecular weight is 348 g/mol. The van der Waals surface area contributed by atoms with Crippen LogP contribution >= 0.6 is 0 Å². The zero-order valence-corrected chi connectivity index (χ0v) is 15.8. The number of rotatable bonds is 8. The van der Waals surface area contributed by atoms with Crippen molar-refractivity contribution in [3.8, 4) is 0 Å². The number of carbonyl (C=O) groups excluding carboxylic acids is 1. The predicted molar refractivity (Wildman–Crippen MR) is 102 cm³/mol. The van der Waals surface area contributed by atoms with Crippen molar-refractivity contribution in [2.24, 2.45) is 11.3 Å². The Bertz CT molecular complexity index is 525. The van der Waals surface area contributed by atoms with E-state index < -0.39 is 5.41 Å². The van der Waals surface area contributed by atoms with Gasteiger partial charge in [-0.15, -0.1) is 0 Å². The van der Waals surface area contributed by atoms with Crippen LogP contribution in [0.25, 0.3) is 0 Å². The molecule has 0 aromatic heterocycles. The monoisotopic (exact) mass is 347 g/mol. The number of nitrogens with one attached hydrogen (secondary N) is 2. The zero-order valence-electron chi connectivity index (χ0n) is 15.8. The predicted octanol–water partition coefficient (Wildman–Crippen LogP) is 3.51. The molecule has 5 nitrogen and oxygen atoms in total. The van der Waals surface area contributed by atoms with Gasteiger partial charge in [0.05, 0.1) is 5.41 Å². The Kier molecular flexibility index (Phi) is 7.26. The van der Waals surface area contributed by atoms with Gasteiger partial charge in [-0.2, -0.15) is 0 Å². The SMILES string of the molecule is CN(CCC1CCC(Nc2ccccc2)CC1)CC(C)(C)C(=O)NO. The Morgan fingerprint density at radius 2 is 1.84 bits per heavy atom. The summed E-state index contributed by atoms with van der Waals surface area (Å²) in [7, 11) is 2.05. The molecule has 0 atom stereocenters. The van der Waals surface area contributed by atoms with E-state index in [-0.39, 0.29) is 5.91 Å². The molecule has 1 fully saturated rings. The Labute approximate surface area is 151 Å². The highest BCUT2D eigenvalue weighted by Crippen LogP contribution is 2.29. The minimum Gasteiger partial charge on any atom is -0.382 e. The van der Waals surface area contributed by atoms with Crippen LogP contribution in [-0.4, -0.2) is 42.2 Å². The van der Waals surface area contributed by atoms with E-state index in [1.807, 2.05) is 19.9 Å². The Morgan fingerprint density at radius 3 is 2.44 bits per heavy atom. The van der Waals surface area contributed by atoms with Crippen LogP contribution in [-0.2, 0) is 4.79 Å². The first kappa shape index (κ1) is 19.7. The Hall–Kier alpha value is -1.59. The largest absolute Gasteiger partial charge is 0.382 e. The lowest BCUT2D eigenvalue weighted by molar-refractivity contribution is -0.138. The van der Waals surface area contributed by atoms with Gasteiger partial charge in [-0.05, 0) is 77.6 Å². The lowest BCUT2D eigenvalue weighted by Gasteiger charge is -2.32. The van der Waals surface area contributed by atoms with Gasteiger partial charge >= 0.3 is 0 Å². The molecule has 1 saturated carbocycles. The van der Waals surface area contributed by atoms with E-state index in [2.05, 4.69) is 41.5 Å². The first-order valence-electron chi connectivity index (χ1n) is 9.35. The van der Waals surface area contributed by atoms with E-state index in [1.165, 1.54) is 37.8 Å². The maximum Gasteiger partial charge on any atom is 0.250 e. The highest BCUT2D eigenvalue weighted by atomic mass is 16.5. The molecule has 1 aliphatic carbocycles. The van der Waals surface area contributed by atoms with E-state index in [0.717, 1.165) is 12.5 Å². The van der Waals surface area contributed by atoms with Gasteiger partial charge < -0.3 is 10.2 Å². The molecule has 0 bridgehead atoms. The normalized spacial score (nSPS) is 21.2. The maximum atomic E-state index is 11.7. The summed E-state index contributed by atoms with van der Waals surface area (Å²) in [5.74, 6) is 0.442. The van der Waals surface area contributed by atoms with E-state index in [1.54, 1.807) is 5.48 Å². The summed E-state index contributed by atoms with van der Waals surface area (Å²) in [4.78, 5) is 13.9. The van der Waals surface area contributed by atoms with Crippen molar-refractivity contribution in [2.45, 2.75) is 52.0 Å². The summed E-state index contributed by atoms with van der Waals surface area (Å²) in [6.45, 7) is 5.35. The third-order valence-corrected chi connectivity index (χ3v) is 5.29. The third kappa shape index (κ3) is 6.33. The fraction of sp³-hybridized carbons (Fsp3) is 0.650. The molecule has 0 radical (unpaired) electrons. The number of para-hydroxylation sites is 1. The summed E-state index contributed by atoms with van der Waals surface area (Å²) in [6.07, 6.45) is 6.15. The van der Waals surface area contributed by atoms with Gasteiger partial charge in [-0.25, -0.2) is 5.48 Å². The van der Waals surface area contributed by atoms with Gasteiger partial charge in [0.1, 0.15) is 0 Å². The molecular formula is C20H33N3O2. The van der Waals surface area contributed by atoms with Crippen LogP contribution in [0, 0.1) is 11.3 Å². The molecule has 1 amide bonds. The summed E-state index contributed by atoms with van der Waals surface area (Å²) in [5.41, 5.74) is 2.40. The van der Waals surface area contributed by atoms with Gasteiger partial charge in [0.15, 0.2) is 0 Å². The van der Waals surface area contributed by atoms with E-state index in [9.17, 15) is 4.79 Å². The molecule has 1 aromatic rings. The maximum absolute atomic E-state index is 11.7. The molecule has 1 aromatic carbocycles. The van der Waals surface area contributed by atoms with Crippen molar-refractivity contribution >= 4 is 11.6 Å². The molecule has 2 rings (SSSR count). The zero-order chi connectivity index (χ0) is 18.3. The quantitative estimate of drug-likeness (QED) is 0.497. The second-order valence-corrected chi connectivity index (χ2v) is 8.08. The molecule has 25 heavy (non-hydrogen) atoms. The van der Waals surface area contributed by atoms with Crippen LogP contribution in [0.2, 0.25) is 0 Å². The standard InChI is InChI=1S/C20H33N3O2/c1-20(2,19(24)22-25)15-23(3)14-13-16-9-11-18(12-10-16)21-17-7-5-4-6-8-17/h4-8,16,18,21,25H,9-15H2,1-3H3,(H,22,24). The first-order valence-corrected chi connectivity index (χ1v) is 9.35. The number of hydrogen-bond acceptors (Lipinski definition) is 4. The molecule has 0 spiro atoms. The number of hydrogen-bond donors (Lipinski definition) is 3. The fourth-order valence-electron chi connectivity index (χ4n) is 3.75. The fourth-order valence-corrected chi connectivity index (χ4v) is 3.75. The summed E-state index contributed by atoms with van der Waals surface area (Å²) < 4.78 is 0. The van der Waals surface area contributed by atoms with Gasteiger partial charge in [-0.3, -0.25) is 10.0 Å². The summed E-state index contributed by atoms with van der Waals surface area (Å²) >= 11 is 0. The van der Waals surface area contributed by atoms with E-state index in [4.69, 9.17) is 5.21 Å². The number of hydroxylamine groups is 1. The van der Waals surface area contributed by atoms with Crippen molar-refractivity contribution in [3.05, 3.63) is 30.3 Å². The minimum absolute atomic E-state index is 0.327. The van der Waals surface area contributed by atoms with Crippen molar-refractivity contribution in [1.29, 1.82) is 0 Å². The molecule has 3 N–H and O–H groups in total. The molecule has 1 aliphatic rings. The van der Waals surface area contributed by atoms with Crippen LogP contribution in [0.1, 0.15) is 46.0 Å². The lowest BCUT2D eigenvalue weighted by Crippen LogP contribution is -2.43. The van der Waals surface area contributed by atoms with Gasteiger partial charge in [0, 0.05) is 18.3 Å². The van der Waals surface area contributed by atoms with Crippen LogP contribution in [0.15, 0.2) is 30.3 Å². The molecule has 5 heteroatoms. The van der Waals surface area contributed by atoms with Crippen molar-refractivity contribution < 1.29 is 10.0 Å². The second kappa shape index (κ2) is 9.20. The smallest absolute Gasteiger partial charge is 0.250 e. The third-order valence-electron chi connectivity index (χ3n) is 5.29. The molecule has 0 saturated heterocycles. The van der Waals surface area contributed by atoms with Crippen LogP contribution in [0.3, 0.4) is 0 Å². The number of carbonyl (C=O) groups is 1. The molecule has 0 heterocycles. The van der Waals surface area contributed by atoms with Crippen molar-refractivity contribution in [2.75, 3.05) is 25.5 Å². The van der Waals surface area contributed by atoms with Gasteiger partial charge in [0.2, 0.25) is 5.91 Å². The lowest BCUT2D eigenvalue weighted by atomic mass is 9.83. The topological polar surface area (TPSA) is 64.6 Å². The number of benzene rings is 1. The van der Waals surface area contributed by atoms with Gasteiger partial charge in [-0.1, -0.05) is 18.2 Å². The second-order valence-electron chi connectivity index (χ2n) is 8.08. The summed E-state index contributed by atoms with van der Waals surface area (Å²) in [6, 6.07) is 11.0. The average Bonchev–Trinajstić information content (AvgIpc) is 2.61. The molecule has 0 unspecified atom stereocenters. The Balaban J connectivity index is 1.67. The van der Waals surface area contributed by atoms with Crippen LogP contribution < -0.4 is 10.8 Å². The van der Waals surface area contributed by atoms with Crippen molar-refractivity contribution in [3.63, 3.8) is 0 Å². The molecule has 140 valence electrons. The molecular weight excluding hydrogens is 314 g/mol. The molecule has 0 aliphatic heterocycles. The highest BCUT2D eigenvalue weighted by molar-refractivity contribution is 5.80.